The van der Waals surface area contributed by atoms with E-state index in [0.717, 1.165) is 0 Å². The maximum Gasteiger partial charge on any atom is 0.224 e. The number of amides is 1. The van der Waals surface area contributed by atoms with Gasteiger partial charge in [-0.15, -0.1) is 0 Å². The van der Waals surface area contributed by atoms with Crippen molar-refractivity contribution >= 4 is 21.4 Å². The summed E-state index contributed by atoms with van der Waals surface area (Å²) >= 11 is 0. The smallest absolute Gasteiger partial charge is 0.224 e. The second kappa shape index (κ2) is 5.97. The van der Waals surface area contributed by atoms with Crippen molar-refractivity contribution in [3.05, 3.63) is 24.3 Å². The third-order valence-electron chi connectivity index (χ3n) is 2.26. The molecule has 0 heterocycles. The number of hydrogen-bond acceptors (Lipinski definition) is 4. The minimum absolute atomic E-state index is 0.0341. The van der Waals surface area contributed by atoms with Crippen molar-refractivity contribution < 1.29 is 18.3 Å². The van der Waals surface area contributed by atoms with E-state index in [4.69, 9.17) is 5.11 Å². The molecule has 0 saturated carbocycles. The Morgan fingerprint density at radius 1 is 1.28 bits per heavy atom. The van der Waals surface area contributed by atoms with E-state index in [1.165, 1.54) is 24.3 Å². The predicted octanol–water partition coefficient (Wildman–Crippen LogP) is 1.39. The van der Waals surface area contributed by atoms with Gasteiger partial charge in [0.1, 0.15) is 5.94 Å². The Kier molecular flexibility index (Phi) is 4.86. The van der Waals surface area contributed by atoms with Crippen LogP contribution in [-0.2, 0) is 14.6 Å². The SMILES string of the molecule is CC(C)CC(=O)Nc1ccc(S(=O)(=O)CO)cc1. The first-order valence-corrected chi connectivity index (χ1v) is 7.24. The molecule has 0 bridgehead atoms. The number of sulfone groups is 1. The Balaban J connectivity index is 2.75. The normalized spacial score (nSPS) is 11.6. The molecule has 0 spiro atoms. The molecule has 0 aliphatic carbocycles. The lowest BCUT2D eigenvalue weighted by atomic mass is 10.1. The number of rotatable bonds is 5. The van der Waals surface area contributed by atoms with Crippen LogP contribution in [0.25, 0.3) is 0 Å². The molecule has 1 aromatic rings. The molecule has 1 amide bonds. The Hall–Kier alpha value is -1.40. The Bertz CT molecular complexity index is 505. The number of benzene rings is 1. The van der Waals surface area contributed by atoms with Gasteiger partial charge >= 0.3 is 0 Å². The third-order valence-corrected chi connectivity index (χ3v) is 3.59. The average molecular weight is 271 g/mol. The summed E-state index contributed by atoms with van der Waals surface area (Å²) in [4.78, 5) is 11.5. The van der Waals surface area contributed by atoms with Gasteiger partial charge in [-0.2, -0.15) is 0 Å². The molecule has 2 N–H and O–H groups in total. The molecule has 0 radical (unpaired) electrons. The molecule has 1 rings (SSSR count). The van der Waals surface area contributed by atoms with Crippen LogP contribution in [0.15, 0.2) is 29.2 Å². The highest BCUT2D eigenvalue weighted by molar-refractivity contribution is 7.91. The fourth-order valence-electron chi connectivity index (χ4n) is 1.40. The monoisotopic (exact) mass is 271 g/mol. The fourth-order valence-corrected chi connectivity index (χ4v) is 2.10. The van der Waals surface area contributed by atoms with Gasteiger partial charge in [0.2, 0.25) is 15.7 Å². The lowest BCUT2D eigenvalue weighted by Crippen LogP contribution is -2.14. The van der Waals surface area contributed by atoms with Gasteiger partial charge in [0.05, 0.1) is 4.90 Å². The van der Waals surface area contributed by atoms with Crippen LogP contribution in [0, 0.1) is 5.92 Å². The quantitative estimate of drug-likeness (QED) is 0.847. The van der Waals surface area contributed by atoms with Crippen molar-refractivity contribution in [1.82, 2.24) is 0 Å². The van der Waals surface area contributed by atoms with E-state index in [1.54, 1.807) is 0 Å². The van der Waals surface area contributed by atoms with Crippen molar-refractivity contribution in [3.8, 4) is 0 Å². The summed E-state index contributed by atoms with van der Waals surface area (Å²) in [5, 5.41) is 11.4. The number of hydrogen-bond donors (Lipinski definition) is 2. The van der Waals surface area contributed by atoms with Gasteiger partial charge in [0, 0.05) is 12.1 Å². The highest BCUT2D eigenvalue weighted by atomic mass is 32.2. The highest BCUT2D eigenvalue weighted by Crippen LogP contribution is 2.15. The first kappa shape index (κ1) is 14.7. The number of carbonyl (C=O) groups is 1. The van der Waals surface area contributed by atoms with Crippen LogP contribution in [0.5, 0.6) is 0 Å². The maximum absolute atomic E-state index is 11.5. The number of anilines is 1. The van der Waals surface area contributed by atoms with Gasteiger partial charge in [-0.05, 0) is 30.2 Å². The molecule has 0 saturated heterocycles. The van der Waals surface area contributed by atoms with Crippen LogP contribution in [0.2, 0.25) is 0 Å². The Morgan fingerprint density at radius 3 is 2.28 bits per heavy atom. The maximum atomic E-state index is 11.5. The molecular weight excluding hydrogens is 254 g/mol. The number of carbonyl (C=O) groups excluding carboxylic acids is 1. The summed E-state index contributed by atoms with van der Waals surface area (Å²) in [6, 6.07) is 5.72. The predicted molar refractivity (Wildman–Crippen MR) is 68.8 cm³/mol. The topological polar surface area (TPSA) is 83.5 Å². The molecule has 5 nitrogen and oxygen atoms in total. The molecule has 0 aliphatic rings. The average Bonchev–Trinajstić information content (AvgIpc) is 2.28. The molecule has 0 atom stereocenters. The van der Waals surface area contributed by atoms with Crippen LogP contribution < -0.4 is 5.32 Å². The number of aliphatic hydroxyl groups excluding tert-OH is 1. The molecule has 0 aliphatic heterocycles. The van der Waals surface area contributed by atoms with Gasteiger partial charge in [0.15, 0.2) is 0 Å². The first-order valence-electron chi connectivity index (χ1n) is 5.58. The zero-order chi connectivity index (χ0) is 13.8. The van der Waals surface area contributed by atoms with Crippen LogP contribution in [-0.4, -0.2) is 25.4 Å². The van der Waals surface area contributed by atoms with Crippen LogP contribution in [0.1, 0.15) is 20.3 Å². The molecular formula is C12H17NO4S. The molecule has 100 valence electrons. The molecule has 0 aromatic heterocycles. The summed E-state index contributed by atoms with van der Waals surface area (Å²) in [6.45, 7) is 3.88. The standard InChI is InChI=1S/C12H17NO4S/c1-9(2)7-12(15)13-10-3-5-11(6-4-10)18(16,17)8-14/h3-6,9,14H,7-8H2,1-2H3,(H,13,15). The van der Waals surface area contributed by atoms with E-state index in [0.29, 0.717) is 12.1 Å². The minimum atomic E-state index is -3.62. The number of nitrogens with one attached hydrogen (secondary N) is 1. The van der Waals surface area contributed by atoms with Crippen LogP contribution in [0.4, 0.5) is 5.69 Å². The van der Waals surface area contributed by atoms with Crippen LogP contribution >= 0.6 is 0 Å². The van der Waals surface area contributed by atoms with Gasteiger partial charge in [-0.1, -0.05) is 13.8 Å². The Morgan fingerprint density at radius 2 is 1.83 bits per heavy atom. The second-order valence-corrected chi connectivity index (χ2v) is 6.37. The Labute approximate surface area is 107 Å². The van der Waals surface area contributed by atoms with Crippen molar-refractivity contribution in [2.75, 3.05) is 11.3 Å². The molecule has 1 aromatic carbocycles. The number of aliphatic hydroxyl groups is 1. The lowest BCUT2D eigenvalue weighted by molar-refractivity contribution is -0.116. The largest absolute Gasteiger partial charge is 0.380 e. The summed E-state index contributed by atoms with van der Waals surface area (Å²) < 4.78 is 22.7. The van der Waals surface area contributed by atoms with Crippen LogP contribution in [0.3, 0.4) is 0 Å². The molecule has 0 unspecified atom stereocenters. The second-order valence-electron chi connectivity index (χ2n) is 4.41. The van der Waals surface area contributed by atoms with Crippen molar-refractivity contribution in [1.29, 1.82) is 0 Å². The minimum Gasteiger partial charge on any atom is -0.380 e. The lowest BCUT2D eigenvalue weighted by Gasteiger charge is -2.07. The zero-order valence-corrected chi connectivity index (χ0v) is 11.2. The summed E-state index contributed by atoms with van der Waals surface area (Å²) in [5.41, 5.74) is 0.539. The third kappa shape index (κ3) is 4.12. The first-order chi connectivity index (χ1) is 8.35. The highest BCUT2D eigenvalue weighted by Gasteiger charge is 2.12. The molecule has 6 heteroatoms. The van der Waals surface area contributed by atoms with Gasteiger partial charge in [0.25, 0.3) is 0 Å². The summed E-state index contributed by atoms with van der Waals surface area (Å²) in [5.74, 6) is -0.770. The summed E-state index contributed by atoms with van der Waals surface area (Å²) in [6.07, 6.45) is 0.413. The van der Waals surface area contributed by atoms with Gasteiger partial charge in [-0.25, -0.2) is 8.42 Å². The van der Waals surface area contributed by atoms with Crippen molar-refractivity contribution in [3.63, 3.8) is 0 Å². The van der Waals surface area contributed by atoms with Gasteiger partial charge in [-0.3, -0.25) is 4.79 Å². The van der Waals surface area contributed by atoms with Gasteiger partial charge < -0.3 is 10.4 Å². The van der Waals surface area contributed by atoms with Crippen molar-refractivity contribution in [2.24, 2.45) is 5.92 Å². The molecule has 0 fully saturated rings. The van der Waals surface area contributed by atoms with E-state index in [-0.39, 0.29) is 16.7 Å². The van der Waals surface area contributed by atoms with E-state index < -0.39 is 15.8 Å². The van der Waals surface area contributed by atoms with E-state index in [1.807, 2.05) is 13.8 Å². The van der Waals surface area contributed by atoms with E-state index in [2.05, 4.69) is 5.32 Å². The van der Waals surface area contributed by atoms with E-state index in [9.17, 15) is 13.2 Å². The fraction of sp³-hybridized carbons (Fsp3) is 0.417. The summed E-state index contributed by atoms with van der Waals surface area (Å²) in [7, 11) is -3.62. The van der Waals surface area contributed by atoms with E-state index >= 15 is 0 Å². The van der Waals surface area contributed by atoms with Crippen molar-refractivity contribution in [2.45, 2.75) is 25.2 Å². The molecule has 18 heavy (non-hydrogen) atoms. The zero-order valence-electron chi connectivity index (χ0n) is 10.4.